The lowest BCUT2D eigenvalue weighted by atomic mass is 9.91. The third-order valence-corrected chi connectivity index (χ3v) is 5.22. The lowest BCUT2D eigenvalue weighted by Crippen LogP contribution is -2.45. The molecule has 0 radical (unpaired) electrons. The van der Waals surface area contributed by atoms with Crippen LogP contribution in [-0.2, 0) is 0 Å². The van der Waals surface area contributed by atoms with E-state index in [9.17, 15) is 4.79 Å². The number of hydrogen-bond donors (Lipinski definition) is 3. The molecule has 3 rings (SSSR count). The highest BCUT2D eigenvalue weighted by molar-refractivity contribution is 5.90. The number of amides is 2. The number of hydrogen-bond acceptors (Lipinski definition) is 5. The van der Waals surface area contributed by atoms with E-state index >= 15 is 0 Å². The summed E-state index contributed by atoms with van der Waals surface area (Å²) >= 11 is 0. The number of urea groups is 1. The Balaban J connectivity index is 1.55. The summed E-state index contributed by atoms with van der Waals surface area (Å²) in [5.41, 5.74) is 0.947. The van der Waals surface area contributed by atoms with Gasteiger partial charge in [0.15, 0.2) is 0 Å². The summed E-state index contributed by atoms with van der Waals surface area (Å²) in [6.07, 6.45) is 6.02. The molecule has 0 atom stereocenters. The average molecular weight is 385 g/mol. The highest BCUT2D eigenvalue weighted by atomic mass is 16.2. The van der Waals surface area contributed by atoms with Crippen LogP contribution < -0.4 is 20.9 Å². The summed E-state index contributed by atoms with van der Waals surface area (Å²) in [5.74, 6) is 1.60. The molecule has 152 valence electrons. The van der Waals surface area contributed by atoms with Gasteiger partial charge in [0, 0.05) is 38.1 Å². The van der Waals surface area contributed by atoms with Crippen molar-refractivity contribution in [3.05, 3.63) is 24.3 Å². The Morgan fingerprint density at radius 2 is 1.82 bits per heavy atom. The Kier molecular flexibility index (Phi) is 6.90. The summed E-state index contributed by atoms with van der Waals surface area (Å²) in [7, 11) is 4.00. The van der Waals surface area contributed by atoms with Gasteiger partial charge in [-0.05, 0) is 44.2 Å². The molecular formula is C21H32N6O. The lowest BCUT2D eigenvalue weighted by Gasteiger charge is -2.30. The largest absolute Gasteiger partial charge is 0.362 e. The van der Waals surface area contributed by atoms with Gasteiger partial charge in [0.25, 0.3) is 0 Å². The molecule has 7 heteroatoms. The van der Waals surface area contributed by atoms with E-state index in [4.69, 9.17) is 9.97 Å². The minimum absolute atomic E-state index is 0.0432. The quantitative estimate of drug-likeness (QED) is 0.636. The first-order chi connectivity index (χ1) is 13.6. The van der Waals surface area contributed by atoms with Gasteiger partial charge in [0.05, 0.1) is 5.52 Å². The van der Waals surface area contributed by atoms with Crippen molar-refractivity contribution in [2.24, 2.45) is 0 Å². The molecule has 1 aliphatic carbocycles. The molecule has 1 aliphatic rings. The van der Waals surface area contributed by atoms with Gasteiger partial charge in [-0.2, -0.15) is 4.98 Å². The van der Waals surface area contributed by atoms with Crippen LogP contribution >= 0.6 is 0 Å². The van der Waals surface area contributed by atoms with Crippen LogP contribution in [0.25, 0.3) is 10.9 Å². The van der Waals surface area contributed by atoms with E-state index < -0.39 is 0 Å². The van der Waals surface area contributed by atoms with E-state index in [-0.39, 0.29) is 12.1 Å². The van der Waals surface area contributed by atoms with Crippen LogP contribution in [-0.4, -0.2) is 48.7 Å². The van der Waals surface area contributed by atoms with Gasteiger partial charge in [-0.15, -0.1) is 0 Å². The molecule has 0 spiro atoms. The fourth-order valence-electron chi connectivity index (χ4n) is 3.65. The van der Waals surface area contributed by atoms with Crippen molar-refractivity contribution in [3.8, 4) is 0 Å². The Morgan fingerprint density at radius 3 is 2.54 bits per heavy atom. The standard InChI is InChI=1S/C21H32N6O/c1-4-5-14-22-21(28)24-16-12-10-15(11-13-16)23-20-25-18-9-7-6-8-17(18)19(26-20)27(2)3/h6-9,15-16H,4-5,10-14H2,1-3H3,(H2,22,24,28)(H,23,25,26). The predicted molar refractivity (Wildman–Crippen MR) is 115 cm³/mol. The van der Waals surface area contributed by atoms with Crippen molar-refractivity contribution in [1.82, 2.24) is 20.6 Å². The smallest absolute Gasteiger partial charge is 0.315 e. The molecule has 0 unspecified atom stereocenters. The predicted octanol–water partition coefficient (Wildman–Crippen LogP) is 3.52. The number of para-hydroxylation sites is 1. The minimum Gasteiger partial charge on any atom is -0.362 e. The van der Waals surface area contributed by atoms with Crippen LogP contribution in [0.5, 0.6) is 0 Å². The molecule has 0 bridgehead atoms. The summed E-state index contributed by atoms with van der Waals surface area (Å²) in [6, 6.07) is 8.62. The van der Waals surface area contributed by atoms with Gasteiger partial charge in [-0.25, -0.2) is 9.78 Å². The zero-order chi connectivity index (χ0) is 19.9. The first-order valence-electron chi connectivity index (χ1n) is 10.3. The third kappa shape index (κ3) is 5.24. The van der Waals surface area contributed by atoms with E-state index in [0.717, 1.165) is 61.8 Å². The highest BCUT2D eigenvalue weighted by Gasteiger charge is 2.23. The van der Waals surface area contributed by atoms with E-state index in [1.807, 2.05) is 37.2 Å². The van der Waals surface area contributed by atoms with Crippen LogP contribution in [0, 0.1) is 0 Å². The number of nitrogens with one attached hydrogen (secondary N) is 3. The van der Waals surface area contributed by atoms with Crippen molar-refractivity contribution < 1.29 is 4.79 Å². The molecule has 1 fully saturated rings. The summed E-state index contributed by atoms with van der Waals surface area (Å²) < 4.78 is 0. The molecule has 7 nitrogen and oxygen atoms in total. The highest BCUT2D eigenvalue weighted by Crippen LogP contribution is 2.26. The van der Waals surface area contributed by atoms with Gasteiger partial charge >= 0.3 is 6.03 Å². The molecule has 2 amide bonds. The third-order valence-electron chi connectivity index (χ3n) is 5.22. The number of carbonyl (C=O) groups is 1. The maximum Gasteiger partial charge on any atom is 0.315 e. The van der Waals surface area contributed by atoms with Gasteiger partial charge in [-0.1, -0.05) is 25.5 Å². The monoisotopic (exact) mass is 384 g/mol. The molecule has 1 heterocycles. The van der Waals surface area contributed by atoms with Crippen molar-refractivity contribution in [3.63, 3.8) is 0 Å². The second kappa shape index (κ2) is 9.57. The number of anilines is 2. The minimum atomic E-state index is -0.0432. The number of benzene rings is 1. The Hall–Kier alpha value is -2.57. The zero-order valence-electron chi connectivity index (χ0n) is 17.2. The van der Waals surface area contributed by atoms with E-state index in [2.05, 4.69) is 28.9 Å². The first kappa shape index (κ1) is 20.2. The Bertz CT molecular complexity index is 786. The lowest BCUT2D eigenvalue weighted by molar-refractivity contribution is 0.231. The first-order valence-corrected chi connectivity index (χ1v) is 10.3. The summed E-state index contributed by atoms with van der Waals surface area (Å²) in [6.45, 7) is 2.86. The summed E-state index contributed by atoms with van der Waals surface area (Å²) in [5, 5.41) is 10.6. The number of rotatable bonds is 7. The number of unbranched alkanes of at least 4 members (excludes halogenated alkanes) is 1. The van der Waals surface area contributed by atoms with Gasteiger partial charge in [0.2, 0.25) is 5.95 Å². The second-order valence-corrected chi connectivity index (χ2v) is 7.73. The average Bonchev–Trinajstić information content (AvgIpc) is 2.69. The van der Waals surface area contributed by atoms with E-state index in [1.165, 1.54) is 0 Å². The molecule has 3 N–H and O–H groups in total. The normalized spacial score (nSPS) is 19.2. The number of fused-ring (bicyclic) bond motifs is 1. The number of nitrogens with zero attached hydrogens (tertiary/aromatic N) is 3. The zero-order valence-corrected chi connectivity index (χ0v) is 17.2. The molecular weight excluding hydrogens is 352 g/mol. The fourth-order valence-corrected chi connectivity index (χ4v) is 3.65. The topological polar surface area (TPSA) is 82.2 Å². The molecule has 2 aromatic rings. The van der Waals surface area contributed by atoms with Crippen molar-refractivity contribution >= 4 is 28.7 Å². The van der Waals surface area contributed by atoms with Gasteiger partial charge in [0.1, 0.15) is 5.82 Å². The van der Waals surface area contributed by atoms with Crippen LogP contribution in [0.3, 0.4) is 0 Å². The van der Waals surface area contributed by atoms with Crippen LogP contribution in [0.2, 0.25) is 0 Å². The molecule has 0 saturated heterocycles. The molecule has 1 aromatic carbocycles. The van der Waals surface area contributed by atoms with Gasteiger partial charge in [-0.3, -0.25) is 0 Å². The number of carbonyl (C=O) groups excluding carboxylic acids is 1. The maximum absolute atomic E-state index is 11.9. The molecule has 0 aliphatic heterocycles. The van der Waals surface area contributed by atoms with Crippen LogP contribution in [0.4, 0.5) is 16.6 Å². The molecule has 1 saturated carbocycles. The van der Waals surface area contributed by atoms with Crippen LogP contribution in [0.15, 0.2) is 24.3 Å². The Morgan fingerprint density at radius 1 is 1.11 bits per heavy atom. The molecule has 1 aromatic heterocycles. The van der Waals surface area contributed by atoms with Crippen LogP contribution in [0.1, 0.15) is 45.4 Å². The fraction of sp³-hybridized carbons (Fsp3) is 0.571. The SMILES string of the molecule is CCCCNC(=O)NC1CCC(Nc2nc(N(C)C)c3ccccc3n2)CC1. The summed E-state index contributed by atoms with van der Waals surface area (Å²) in [4.78, 5) is 23.4. The van der Waals surface area contributed by atoms with Crippen molar-refractivity contribution in [1.29, 1.82) is 0 Å². The number of aromatic nitrogens is 2. The van der Waals surface area contributed by atoms with Gasteiger partial charge < -0.3 is 20.9 Å². The molecule has 28 heavy (non-hydrogen) atoms. The van der Waals surface area contributed by atoms with Crippen molar-refractivity contribution in [2.45, 2.75) is 57.5 Å². The second-order valence-electron chi connectivity index (χ2n) is 7.73. The van der Waals surface area contributed by atoms with Crippen molar-refractivity contribution in [2.75, 3.05) is 30.9 Å². The van der Waals surface area contributed by atoms with E-state index in [0.29, 0.717) is 12.0 Å². The maximum atomic E-state index is 11.9. The Labute approximate surface area is 167 Å². The van der Waals surface area contributed by atoms with E-state index in [1.54, 1.807) is 0 Å².